The molecule has 0 amide bonds. The van der Waals surface area contributed by atoms with E-state index in [2.05, 4.69) is 13.8 Å². The average molecular weight is 302 g/mol. The number of sulfone groups is 1. The number of rotatable bonds is 6. The Morgan fingerprint density at radius 1 is 0.714 bits per heavy atom. The van der Waals surface area contributed by atoms with E-state index >= 15 is 0 Å². The quantitative estimate of drug-likeness (QED) is 0.791. The van der Waals surface area contributed by atoms with Gasteiger partial charge in [0.25, 0.3) is 0 Å². The zero-order valence-electron chi connectivity index (χ0n) is 12.7. The van der Waals surface area contributed by atoms with Crippen molar-refractivity contribution in [1.29, 1.82) is 0 Å². The van der Waals surface area contributed by atoms with Gasteiger partial charge in [-0.1, -0.05) is 63.1 Å². The lowest BCUT2D eigenvalue weighted by Gasteiger charge is -2.13. The van der Waals surface area contributed by atoms with Crippen LogP contribution in [0.3, 0.4) is 0 Å². The van der Waals surface area contributed by atoms with Gasteiger partial charge in [0.05, 0.1) is 9.79 Å². The van der Waals surface area contributed by atoms with Crippen molar-refractivity contribution in [3.05, 3.63) is 59.7 Å². The van der Waals surface area contributed by atoms with Crippen LogP contribution in [0.4, 0.5) is 0 Å². The van der Waals surface area contributed by atoms with Gasteiger partial charge in [-0.15, -0.1) is 0 Å². The Kier molecular flexibility index (Phi) is 5.18. The maximum Gasteiger partial charge on any atom is 0.207 e. The highest BCUT2D eigenvalue weighted by molar-refractivity contribution is 7.91. The lowest BCUT2D eigenvalue weighted by Crippen LogP contribution is -2.08. The Balaban J connectivity index is 2.58. The predicted molar refractivity (Wildman–Crippen MR) is 86.3 cm³/mol. The van der Waals surface area contributed by atoms with Crippen molar-refractivity contribution in [1.82, 2.24) is 0 Å². The number of aryl methyl sites for hydroxylation is 2. The Hall–Kier alpha value is -1.61. The summed E-state index contributed by atoms with van der Waals surface area (Å²) in [7, 11) is -3.44. The molecule has 112 valence electrons. The fraction of sp³-hybridized carbons (Fsp3) is 0.333. The molecule has 2 nitrogen and oxygen atoms in total. The van der Waals surface area contributed by atoms with Gasteiger partial charge in [-0.25, -0.2) is 8.42 Å². The van der Waals surface area contributed by atoms with Gasteiger partial charge in [0, 0.05) is 0 Å². The largest absolute Gasteiger partial charge is 0.218 e. The number of hydrogen-bond acceptors (Lipinski definition) is 2. The molecule has 0 bridgehead atoms. The molecule has 0 aromatic heterocycles. The van der Waals surface area contributed by atoms with Gasteiger partial charge in [0.15, 0.2) is 0 Å². The zero-order valence-corrected chi connectivity index (χ0v) is 13.5. The lowest BCUT2D eigenvalue weighted by atomic mass is 10.1. The number of hydrogen-bond donors (Lipinski definition) is 0. The summed E-state index contributed by atoms with van der Waals surface area (Å²) in [5.74, 6) is 0. The van der Waals surface area contributed by atoms with Crippen molar-refractivity contribution < 1.29 is 8.42 Å². The molecule has 2 rings (SSSR count). The van der Waals surface area contributed by atoms with Crippen LogP contribution in [-0.2, 0) is 22.7 Å². The van der Waals surface area contributed by atoms with Crippen LogP contribution in [-0.4, -0.2) is 8.42 Å². The van der Waals surface area contributed by atoms with E-state index in [4.69, 9.17) is 0 Å². The van der Waals surface area contributed by atoms with E-state index in [1.54, 1.807) is 24.3 Å². The van der Waals surface area contributed by atoms with E-state index in [9.17, 15) is 8.42 Å². The first-order valence-corrected chi connectivity index (χ1v) is 9.00. The molecule has 0 aliphatic carbocycles. The fourth-order valence-electron chi connectivity index (χ4n) is 2.60. The third-order valence-corrected chi connectivity index (χ3v) is 5.52. The van der Waals surface area contributed by atoms with Crippen molar-refractivity contribution in [2.24, 2.45) is 0 Å². The molecule has 3 heteroatoms. The van der Waals surface area contributed by atoms with Crippen molar-refractivity contribution in [2.75, 3.05) is 0 Å². The number of benzene rings is 2. The maximum atomic E-state index is 13.0. The Labute approximate surface area is 127 Å². The average Bonchev–Trinajstić information content (AvgIpc) is 2.49. The molecule has 0 aliphatic heterocycles. The molecule has 21 heavy (non-hydrogen) atoms. The smallest absolute Gasteiger partial charge is 0.207 e. The third-order valence-electron chi connectivity index (χ3n) is 3.56. The van der Waals surface area contributed by atoms with Crippen LogP contribution in [0, 0.1) is 0 Å². The van der Waals surface area contributed by atoms with Crippen LogP contribution >= 0.6 is 0 Å². The normalized spacial score (nSPS) is 11.5. The van der Waals surface area contributed by atoms with Crippen molar-refractivity contribution in [3.8, 4) is 0 Å². The second kappa shape index (κ2) is 6.90. The Morgan fingerprint density at radius 2 is 1.10 bits per heavy atom. The van der Waals surface area contributed by atoms with Crippen LogP contribution in [0.5, 0.6) is 0 Å². The molecular formula is C18H22O2S. The van der Waals surface area contributed by atoms with Gasteiger partial charge in [0.1, 0.15) is 0 Å². The highest BCUT2D eigenvalue weighted by atomic mass is 32.2. The second-order valence-corrected chi connectivity index (χ2v) is 7.11. The first-order chi connectivity index (χ1) is 10.1. The molecule has 0 N–H and O–H groups in total. The SMILES string of the molecule is CCCc1ccccc1S(=O)(=O)c1ccccc1CCC. The van der Waals surface area contributed by atoms with E-state index in [1.807, 2.05) is 24.3 Å². The minimum Gasteiger partial charge on any atom is -0.218 e. The summed E-state index contributed by atoms with van der Waals surface area (Å²) in [6.07, 6.45) is 3.43. The van der Waals surface area contributed by atoms with E-state index in [1.165, 1.54) is 0 Å². The zero-order chi connectivity index (χ0) is 15.3. The van der Waals surface area contributed by atoms with Crippen LogP contribution in [0.15, 0.2) is 58.3 Å². The minimum atomic E-state index is -3.44. The van der Waals surface area contributed by atoms with Crippen LogP contribution < -0.4 is 0 Å². The van der Waals surface area contributed by atoms with Gasteiger partial charge in [-0.3, -0.25) is 0 Å². The molecule has 0 heterocycles. The Morgan fingerprint density at radius 3 is 1.48 bits per heavy atom. The predicted octanol–water partition coefficient (Wildman–Crippen LogP) is 4.42. The summed E-state index contributed by atoms with van der Waals surface area (Å²) < 4.78 is 26.1. The van der Waals surface area contributed by atoms with Crippen LogP contribution in [0.25, 0.3) is 0 Å². The summed E-state index contributed by atoms with van der Waals surface area (Å²) in [5, 5.41) is 0. The minimum absolute atomic E-state index is 0.454. The third kappa shape index (κ3) is 3.35. The van der Waals surface area contributed by atoms with E-state index in [-0.39, 0.29) is 0 Å². The van der Waals surface area contributed by atoms with Gasteiger partial charge in [-0.05, 0) is 36.1 Å². The maximum absolute atomic E-state index is 13.0. The molecule has 0 unspecified atom stereocenters. The molecule has 0 saturated heterocycles. The van der Waals surface area contributed by atoms with E-state index < -0.39 is 9.84 Å². The molecule has 0 saturated carbocycles. The molecule has 0 atom stereocenters. The highest BCUT2D eigenvalue weighted by Gasteiger charge is 2.22. The second-order valence-electron chi connectivity index (χ2n) is 5.22. The van der Waals surface area contributed by atoms with Gasteiger partial charge < -0.3 is 0 Å². The van der Waals surface area contributed by atoms with Crippen LogP contribution in [0.1, 0.15) is 37.8 Å². The molecule has 2 aromatic carbocycles. The van der Waals surface area contributed by atoms with Gasteiger partial charge >= 0.3 is 0 Å². The summed E-state index contributed by atoms with van der Waals surface area (Å²) >= 11 is 0. The van der Waals surface area contributed by atoms with Crippen molar-refractivity contribution >= 4 is 9.84 Å². The fourth-order valence-corrected chi connectivity index (χ4v) is 4.39. The first-order valence-electron chi connectivity index (χ1n) is 7.52. The lowest BCUT2D eigenvalue weighted by molar-refractivity contribution is 0.593. The summed E-state index contributed by atoms with van der Waals surface area (Å²) in [5.41, 5.74) is 1.82. The van der Waals surface area contributed by atoms with Crippen molar-refractivity contribution in [3.63, 3.8) is 0 Å². The molecule has 2 aromatic rings. The van der Waals surface area contributed by atoms with Crippen molar-refractivity contribution in [2.45, 2.75) is 49.3 Å². The molecule has 0 spiro atoms. The summed E-state index contributed by atoms with van der Waals surface area (Å²) in [6, 6.07) is 14.7. The first kappa shape index (κ1) is 15.8. The molecular weight excluding hydrogens is 280 g/mol. The summed E-state index contributed by atoms with van der Waals surface area (Å²) in [4.78, 5) is 0.908. The molecule has 0 radical (unpaired) electrons. The Bertz CT molecular complexity index is 647. The molecule has 0 fully saturated rings. The van der Waals surface area contributed by atoms with Gasteiger partial charge in [-0.2, -0.15) is 0 Å². The molecule has 0 aliphatic rings. The topological polar surface area (TPSA) is 34.1 Å². The van der Waals surface area contributed by atoms with Gasteiger partial charge in [0.2, 0.25) is 9.84 Å². The standard InChI is InChI=1S/C18H22O2S/c1-3-9-15-11-5-7-13-17(15)21(19,20)18-14-8-6-12-16(18)10-4-2/h5-8,11-14H,3-4,9-10H2,1-2H3. The monoisotopic (exact) mass is 302 g/mol. The highest BCUT2D eigenvalue weighted by Crippen LogP contribution is 2.28. The van der Waals surface area contributed by atoms with E-state index in [0.717, 1.165) is 36.8 Å². The summed E-state index contributed by atoms with van der Waals surface area (Å²) in [6.45, 7) is 4.13. The van der Waals surface area contributed by atoms with E-state index in [0.29, 0.717) is 9.79 Å². The van der Waals surface area contributed by atoms with Crippen LogP contribution in [0.2, 0.25) is 0 Å².